The van der Waals surface area contributed by atoms with Crippen LogP contribution in [0.1, 0.15) is 53.5 Å². The van der Waals surface area contributed by atoms with E-state index in [1.165, 1.54) is 10.4 Å². The molecule has 5 heteroatoms. The number of hydrogen-bond acceptors (Lipinski definition) is 3. The van der Waals surface area contributed by atoms with Crippen molar-refractivity contribution in [2.45, 2.75) is 39.2 Å². The zero-order valence-electron chi connectivity index (χ0n) is 15.0. The molecule has 25 heavy (non-hydrogen) atoms. The van der Waals surface area contributed by atoms with Gasteiger partial charge in [-0.1, -0.05) is 26.0 Å². The minimum absolute atomic E-state index is 0.00561. The lowest BCUT2D eigenvalue weighted by atomic mass is 9.96. The average molecular weight is 356 g/mol. The molecule has 0 aliphatic carbocycles. The van der Waals surface area contributed by atoms with Crippen LogP contribution in [0.2, 0.25) is 0 Å². The van der Waals surface area contributed by atoms with Crippen LogP contribution in [0.5, 0.6) is 0 Å². The van der Waals surface area contributed by atoms with Crippen LogP contribution in [0.15, 0.2) is 35.7 Å². The van der Waals surface area contributed by atoms with Gasteiger partial charge in [-0.05, 0) is 42.0 Å². The summed E-state index contributed by atoms with van der Waals surface area (Å²) in [5.74, 6) is 0.0149. The molecule has 1 aromatic heterocycles. The fraction of sp³-hybridized carbons (Fsp3) is 0.400. The Balaban J connectivity index is 1.95. The van der Waals surface area contributed by atoms with Gasteiger partial charge in [0.05, 0.1) is 17.3 Å². The smallest absolute Gasteiger partial charge is 0.256 e. The second-order valence-electron chi connectivity index (χ2n) is 6.30. The van der Waals surface area contributed by atoms with Crippen LogP contribution >= 0.6 is 11.3 Å². The van der Waals surface area contributed by atoms with Crippen LogP contribution in [0.3, 0.4) is 0 Å². The van der Waals surface area contributed by atoms with Crippen molar-refractivity contribution in [1.29, 1.82) is 0 Å². The zero-order chi connectivity index (χ0) is 18.0. The van der Waals surface area contributed by atoms with Gasteiger partial charge in [0, 0.05) is 24.9 Å². The molecule has 2 aromatic rings. The Bertz CT molecular complexity index is 784. The summed E-state index contributed by atoms with van der Waals surface area (Å²) in [6, 6.07) is 9.67. The van der Waals surface area contributed by atoms with Gasteiger partial charge in [-0.3, -0.25) is 9.59 Å². The number of nitrogens with zero attached hydrogens (tertiary/aromatic N) is 2. The molecular weight excluding hydrogens is 332 g/mol. The van der Waals surface area contributed by atoms with E-state index in [1.54, 1.807) is 23.3 Å². The Morgan fingerprint density at radius 3 is 2.72 bits per heavy atom. The largest absolute Gasteiger partial charge is 0.331 e. The van der Waals surface area contributed by atoms with Crippen molar-refractivity contribution in [2.24, 2.45) is 0 Å². The first-order valence-electron chi connectivity index (χ1n) is 8.81. The van der Waals surface area contributed by atoms with Crippen molar-refractivity contribution in [3.05, 3.63) is 51.7 Å². The Labute approximate surface area is 153 Å². The molecule has 132 valence electrons. The van der Waals surface area contributed by atoms with Crippen LogP contribution in [0, 0.1) is 0 Å². The Morgan fingerprint density at radius 1 is 1.24 bits per heavy atom. The monoisotopic (exact) mass is 356 g/mol. The summed E-state index contributed by atoms with van der Waals surface area (Å²) in [5.41, 5.74) is 2.57. The summed E-state index contributed by atoms with van der Waals surface area (Å²) in [5, 5.41) is 2.11. The summed E-state index contributed by atoms with van der Waals surface area (Å²) in [4.78, 5) is 30.4. The van der Waals surface area contributed by atoms with Gasteiger partial charge in [0.25, 0.3) is 5.91 Å². The van der Waals surface area contributed by atoms with Crippen LogP contribution in [0.4, 0.5) is 5.69 Å². The van der Waals surface area contributed by atoms with E-state index in [2.05, 4.69) is 18.4 Å². The standard InChI is InChI=1S/C20H24N2O2S/c1-4-16-14-11-13-25-18(14)10-12-22(16)20(24)15-8-6-7-9-17(15)21(3)19(23)5-2/h6-9,11,13,16H,4-5,10,12H2,1-3H3. The summed E-state index contributed by atoms with van der Waals surface area (Å²) < 4.78 is 0. The topological polar surface area (TPSA) is 40.6 Å². The number of anilines is 1. The first-order chi connectivity index (χ1) is 12.1. The van der Waals surface area contributed by atoms with E-state index in [0.29, 0.717) is 17.7 Å². The van der Waals surface area contributed by atoms with E-state index in [1.807, 2.05) is 36.1 Å². The fourth-order valence-corrected chi connectivity index (χ4v) is 4.48. The third-order valence-electron chi connectivity index (χ3n) is 4.91. The maximum absolute atomic E-state index is 13.3. The van der Waals surface area contributed by atoms with Crippen LogP contribution in [0.25, 0.3) is 0 Å². The zero-order valence-corrected chi connectivity index (χ0v) is 15.8. The molecule has 0 fully saturated rings. The van der Waals surface area contributed by atoms with E-state index in [-0.39, 0.29) is 17.9 Å². The van der Waals surface area contributed by atoms with E-state index >= 15 is 0 Å². The lowest BCUT2D eigenvalue weighted by molar-refractivity contribution is -0.118. The van der Waals surface area contributed by atoms with Crippen LogP contribution in [-0.4, -0.2) is 30.3 Å². The number of hydrogen-bond donors (Lipinski definition) is 0. The Hall–Kier alpha value is -2.14. The fourth-order valence-electron chi connectivity index (χ4n) is 3.55. The van der Waals surface area contributed by atoms with Crippen molar-refractivity contribution < 1.29 is 9.59 Å². The predicted octanol–water partition coefficient (Wildman–Crippen LogP) is 4.27. The maximum atomic E-state index is 13.3. The van der Waals surface area contributed by atoms with Gasteiger partial charge in [-0.25, -0.2) is 0 Å². The maximum Gasteiger partial charge on any atom is 0.256 e. The highest BCUT2D eigenvalue weighted by Crippen LogP contribution is 2.36. The number of benzene rings is 1. The van der Waals surface area contributed by atoms with Gasteiger partial charge in [0.2, 0.25) is 5.91 Å². The molecule has 0 bridgehead atoms. The molecule has 0 saturated carbocycles. The van der Waals surface area contributed by atoms with Gasteiger partial charge < -0.3 is 9.80 Å². The number of amides is 2. The number of rotatable bonds is 4. The molecule has 0 saturated heterocycles. The van der Waals surface area contributed by atoms with Crippen LogP contribution in [-0.2, 0) is 11.2 Å². The molecule has 1 aliphatic rings. The number of thiophene rings is 1. The summed E-state index contributed by atoms with van der Waals surface area (Å²) >= 11 is 1.78. The summed E-state index contributed by atoms with van der Waals surface area (Å²) in [6.45, 7) is 4.68. The average Bonchev–Trinajstić information content (AvgIpc) is 3.14. The summed E-state index contributed by atoms with van der Waals surface area (Å²) in [6.07, 6.45) is 2.21. The molecule has 2 amide bonds. The van der Waals surface area contributed by atoms with E-state index in [9.17, 15) is 9.59 Å². The molecule has 1 unspecified atom stereocenters. The molecule has 1 aliphatic heterocycles. The van der Waals surface area contributed by atoms with Crippen LogP contribution < -0.4 is 4.90 Å². The molecule has 0 N–H and O–H groups in total. The molecular formula is C20H24N2O2S. The Kier molecular flexibility index (Phi) is 5.23. The van der Waals surface area contributed by atoms with E-state index in [0.717, 1.165) is 19.4 Å². The van der Waals surface area contributed by atoms with Gasteiger partial charge in [-0.15, -0.1) is 11.3 Å². The van der Waals surface area contributed by atoms with Gasteiger partial charge in [0.15, 0.2) is 0 Å². The summed E-state index contributed by atoms with van der Waals surface area (Å²) in [7, 11) is 1.74. The highest BCUT2D eigenvalue weighted by Gasteiger charge is 2.32. The molecule has 0 radical (unpaired) electrons. The molecule has 3 rings (SSSR count). The number of carbonyl (C=O) groups excluding carboxylic acids is 2. The first-order valence-corrected chi connectivity index (χ1v) is 9.69. The number of fused-ring (bicyclic) bond motifs is 1. The molecule has 1 aromatic carbocycles. The second kappa shape index (κ2) is 7.40. The molecule has 4 nitrogen and oxygen atoms in total. The lowest BCUT2D eigenvalue weighted by Crippen LogP contribution is -2.40. The van der Waals surface area contributed by atoms with E-state index in [4.69, 9.17) is 0 Å². The highest BCUT2D eigenvalue weighted by molar-refractivity contribution is 7.10. The molecule has 0 spiro atoms. The van der Waals surface area contributed by atoms with Crippen molar-refractivity contribution >= 4 is 28.8 Å². The quantitative estimate of drug-likeness (QED) is 0.821. The predicted molar refractivity (Wildman–Crippen MR) is 102 cm³/mol. The third-order valence-corrected chi connectivity index (χ3v) is 5.91. The van der Waals surface area contributed by atoms with Crippen molar-refractivity contribution in [3.63, 3.8) is 0 Å². The number of para-hydroxylation sites is 1. The van der Waals surface area contributed by atoms with Crippen molar-refractivity contribution in [1.82, 2.24) is 4.90 Å². The van der Waals surface area contributed by atoms with E-state index < -0.39 is 0 Å². The Morgan fingerprint density at radius 2 is 2.00 bits per heavy atom. The SMILES string of the molecule is CCC(=O)N(C)c1ccccc1C(=O)N1CCc2sccc2C1CC. The van der Waals surface area contributed by atoms with Crippen molar-refractivity contribution in [2.75, 3.05) is 18.5 Å². The first kappa shape index (κ1) is 17.7. The second-order valence-corrected chi connectivity index (χ2v) is 7.30. The normalized spacial score (nSPS) is 16.4. The minimum atomic E-state index is 0.00561. The van der Waals surface area contributed by atoms with Gasteiger partial charge in [0.1, 0.15) is 0 Å². The number of carbonyl (C=O) groups is 2. The molecule has 2 heterocycles. The third kappa shape index (κ3) is 3.21. The van der Waals surface area contributed by atoms with Gasteiger partial charge >= 0.3 is 0 Å². The minimum Gasteiger partial charge on any atom is -0.331 e. The lowest BCUT2D eigenvalue weighted by Gasteiger charge is -2.36. The highest BCUT2D eigenvalue weighted by atomic mass is 32.1. The van der Waals surface area contributed by atoms with Gasteiger partial charge in [-0.2, -0.15) is 0 Å². The van der Waals surface area contributed by atoms with Crippen molar-refractivity contribution in [3.8, 4) is 0 Å². The molecule has 1 atom stereocenters.